The van der Waals surface area contributed by atoms with Crippen molar-refractivity contribution in [1.29, 1.82) is 0 Å². The van der Waals surface area contributed by atoms with Gasteiger partial charge in [0.25, 0.3) is 5.91 Å². The highest BCUT2D eigenvalue weighted by molar-refractivity contribution is 7.92. The average molecular weight is 365 g/mol. The van der Waals surface area contributed by atoms with E-state index in [1.165, 1.54) is 17.0 Å². The second-order valence-electron chi connectivity index (χ2n) is 7.25. The van der Waals surface area contributed by atoms with Crippen molar-refractivity contribution in [3.63, 3.8) is 0 Å². The largest absolute Gasteiger partial charge is 0.481 e. The highest BCUT2D eigenvalue weighted by Gasteiger charge is 2.47. The molecule has 1 aliphatic carbocycles. The van der Waals surface area contributed by atoms with Crippen LogP contribution in [0.2, 0.25) is 0 Å². The van der Waals surface area contributed by atoms with Gasteiger partial charge in [0.2, 0.25) is 0 Å². The lowest BCUT2D eigenvalue weighted by Gasteiger charge is -2.19. The van der Waals surface area contributed by atoms with Crippen molar-refractivity contribution in [2.24, 2.45) is 17.8 Å². The van der Waals surface area contributed by atoms with Gasteiger partial charge in [-0.1, -0.05) is 12.1 Å². The summed E-state index contributed by atoms with van der Waals surface area (Å²) < 4.78 is 25.1. The maximum atomic E-state index is 13.0. The van der Waals surface area contributed by atoms with Crippen LogP contribution in [0.1, 0.15) is 37.0 Å². The smallest absolute Gasteiger partial charge is 0.308 e. The van der Waals surface area contributed by atoms with Crippen LogP contribution in [0.15, 0.2) is 29.2 Å². The maximum absolute atomic E-state index is 13.0. The molecule has 3 rings (SSSR count). The third-order valence-electron chi connectivity index (χ3n) is 5.24. The highest BCUT2D eigenvalue weighted by Crippen LogP contribution is 2.44. The van der Waals surface area contributed by atoms with E-state index in [4.69, 9.17) is 0 Å². The first-order valence-electron chi connectivity index (χ1n) is 8.58. The Bertz CT molecular complexity index is 797. The second kappa shape index (κ2) is 6.44. The molecule has 0 aromatic heterocycles. The summed E-state index contributed by atoms with van der Waals surface area (Å²) in [6, 6.07) is 6.20. The number of likely N-dealkylation sites (tertiary alicyclic amines) is 1. The van der Waals surface area contributed by atoms with Gasteiger partial charge in [-0.3, -0.25) is 9.59 Å². The number of benzene rings is 1. The van der Waals surface area contributed by atoms with E-state index >= 15 is 0 Å². The first-order valence-corrected chi connectivity index (χ1v) is 10.1. The molecular formula is C18H23NO5S. The zero-order valence-corrected chi connectivity index (χ0v) is 15.2. The molecule has 0 unspecified atom stereocenters. The van der Waals surface area contributed by atoms with Crippen LogP contribution in [-0.2, 0) is 14.6 Å². The van der Waals surface area contributed by atoms with E-state index in [2.05, 4.69) is 0 Å². The van der Waals surface area contributed by atoms with E-state index in [1.54, 1.807) is 26.0 Å². The molecule has 1 aromatic carbocycles. The Balaban J connectivity index is 1.91. The van der Waals surface area contributed by atoms with Gasteiger partial charge in [-0.25, -0.2) is 8.42 Å². The molecule has 25 heavy (non-hydrogen) atoms. The van der Waals surface area contributed by atoms with Crippen molar-refractivity contribution in [2.45, 2.75) is 36.8 Å². The van der Waals surface area contributed by atoms with Crippen molar-refractivity contribution < 1.29 is 23.1 Å². The summed E-state index contributed by atoms with van der Waals surface area (Å²) >= 11 is 0. The minimum Gasteiger partial charge on any atom is -0.481 e. The van der Waals surface area contributed by atoms with Crippen LogP contribution in [0.25, 0.3) is 0 Å². The van der Waals surface area contributed by atoms with Gasteiger partial charge in [0.05, 0.1) is 21.6 Å². The summed E-state index contributed by atoms with van der Waals surface area (Å²) in [7, 11) is -3.59. The molecule has 0 radical (unpaired) electrons. The second-order valence-corrected chi connectivity index (χ2v) is 9.72. The monoisotopic (exact) mass is 365 g/mol. The van der Waals surface area contributed by atoms with Crippen molar-refractivity contribution in [3.8, 4) is 0 Å². The van der Waals surface area contributed by atoms with Gasteiger partial charge in [0.15, 0.2) is 9.84 Å². The molecule has 0 bridgehead atoms. The SMILES string of the molecule is CC(C)S(=O)(=O)c1ccccc1C(=O)N1C[C@H](C(=O)O)[C@@H](C2CC2)C1. The minimum absolute atomic E-state index is 0.0248. The first kappa shape index (κ1) is 17.9. The van der Waals surface area contributed by atoms with Gasteiger partial charge < -0.3 is 10.0 Å². The molecule has 1 N–H and O–H groups in total. The van der Waals surface area contributed by atoms with E-state index < -0.39 is 32.9 Å². The Morgan fingerprint density at radius 2 is 1.80 bits per heavy atom. The molecule has 1 aliphatic heterocycles. The predicted octanol–water partition coefficient (Wildman–Crippen LogP) is 2.05. The fourth-order valence-electron chi connectivity index (χ4n) is 3.57. The highest BCUT2D eigenvalue weighted by atomic mass is 32.2. The van der Waals surface area contributed by atoms with Crippen LogP contribution in [0.4, 0.5) is 0 Å². The van der Waals surface area contributed by atoms with Gasteiger partial charge in [0.1, 0.15) is 0 Å². The molecular weight excluding hydrogens is 342 g/mol. The lowest BCUT2D eigenvalue weighted by molar-refractivity contribution is -0.142. The number of nitrogens with zero attached hydrogens (tertiary/aromatic N) is 1. The summed E-state index contributed by atoms with van der Waals surface area (Å²) in [6.07, 6.45) is 2.02. The number of aliphatic carboxylic acids is 1. The van der Waals surface area contributed by atoms with Crippen molar-refractivity contribution in [3.05, 3.63) is 29.8 Å². The number of carboxylic acid groups (broad SMARTS) is 1. The van der Waals surface area contributed by atoms with Gasteiger partial charge in [-0.05, 0) is 50.7 Å². The van der Waals surface area contributed by atoms with Crippen LogP contribution in [0.5, 0.6) is 0 Å². The molecule has 2 aliphatic rings. The quantitative estimate of drug-likeness (QED) is 0.862. The first-order chi connectivity index (χ1) is 11.7. The Labute approximate surface area is 147 Å². The van der Waals surface area contributed by atoms with Crippen molar-refractivity contribution in [1.82, 2.24) is 4.90 Å². The predicted molar refractivity (Wildman–Crippen MR) is 92.0 cm³/mol. The summed E-state index contributed by atoms with van der Waals surface area (Å²) in [6.45, 7) is 3.69. The molecule has 0 spiro atoms. The van der Waals surface area contributed by atoms with Crippen molar-refractivity contribution in [2.75, 3.05) is 13.1 Å². The average Bonchev–Trinajstić information content (AvgIpc) is 3.32. The number of hydrogen-bond acceptors (Lipinski definition) is 4. The standard InChI is InChI=1S/C18H23NO5S/c1-11(2)25(23,24)16-6-4-3-5-13(16)17(20)19-9-14(12-7-8-12)15(10-19)18(21)22/h3-6,11-12,14-15H,7-10H2,1-2H3,(H,21,22)/t14-,15+/m1/s1. The zero-order chi connectivity index (χ0) is 18.4. The van der Waals surface area contributed by atoms with Gasteiger partial charge in [-0.15, -0.1) is 0 Å². The van der Waals surface area contributed by atoms with Crippen LogP contribution in [0.3, 0.4) is 0 Å². The van der Waals surface area contributed by atoms with E-state index in [0.29, 0.717) is 12.5 Å². The molecule has 1 saturated heterocycles. The number of carboxylic acids is 1. The van der Waals surface area contributed by atoms with E-state index in [9.17, 15) is 23.1 Å². The summed E-state index contributed by atoms with van der Waals surface area (Å²) in [5.41, 5.74) is 0.136. The van der Waals surface area contributed by atoms with Crippen LogP contribution < -0.4 is 0 Å². The number of amides is 1. The van der Waals surface area contributed by atoms with Gasteiger partial charge in [0, 0.05) is 13.1 Å². The minimum atomic E-state index is -3.59. The Morgan fingerprint density at radius 1 is 1.16 bits per heavy atom. The molecule has 1 heterocycles. The maximum Gasteiger partial charge on any atom is 0.308 e. The Hall–Kier alpha value is -1.89. The number of carbonyl (C=O) groups excluding carboxylic acids is 1. The molecule has 1 saturated carbocycles. The van der Waals surface area contributed by atoms with Crippen LogP contribution in [-0.4, -0.2) is 48.6 Å². The number of rotatable bonds is 5. The molecule has 6 nitrogen and oxygen atoms in total. The molecule has 2 atom stereocenters. The van der Waals surface area contributed by atoms with Gasteiger partial charge >= 0.3 is 5.97 Å². The third kappa shape index (κ3) is 3.29. The number of carbonyl (C=O) groups is 2. The normalized spacial score (nSPS) is 23.9. The molecule has 1 amide bonds. The fourth-order valence-corrected chi connectivity index (χ4v) is 4.81. The number of hydrogen-bond donors (Lipinski definition) is 1. The fraction of sp³-hybridized carbons (Fsp3) is 0.556. The van der Waals surface area contributed by atoms with Gasteiger partial charge in [-0.2, -0.15) is 0 Å². The molecule has 136 valence electrons. The van der Waals surface area contributed by atoms with Crippen LogP contribution >= 0.6 is 0 Å². The lowest BCUT2D eigenvalue weighted by atomic mass is 9.92. The third-order valence-corrected chi connectivity index (χ3v) is 7.45. The van der Waals surface area contributed by atoms with E-state index in [0.717, 1.165) is 12.8 Å². The van der Waals surface area contributed by atoms with E-state index in [1.807, 2.05) is 0 Å². The van der Waals surface area contributed by atoms with Crippen molar-refractivity contribution >= 4 is 21.7 Å². The topological polar surface area (TPSA) is 91.8 Å². The molecule has 2 fully saturated rings. The molecule has 7 heteroatoms. The van der Waals surface area contributed by atoms with E-state index in [-0.39, 0.29) is 22.9 Å². The Morgan fingerprint density at radius 3 is 2.36 bits per heavy atom. The summed E-state index contributed by atoms with van der Waals surface area (Å²) in [5.74, 6) is -1.50. The summed E-state index contributed by atoms with van der Waals surface area (Å²) in [5, 5.41) is 8.82. The number of sulfone groups is 1. The zero-order valence-electron chi connectivity index (χ0n) is 14.4. The Kier molecular flexibility index (Phi) is 4.62. The summed E-state index contributed by atoms with van der Waals surface area (Å²) in [4.78, 5) is 26.0. The lowest BCUT2D eigenvalue weighted by Crippen LogP contribution is -2.31. The molecule has 1 aromatic rings. The van der Waals surface area contributed by atoms with Crippen LogP contribution in [0, 0.1) is 17.8 Å².